The number of hydrogen-bond donors (Lipinski definition) is 2. The lowest BCUT2D eigenvalue weighted by molar-refractivity contribution is -0.142. The number of ether oxygens (including phenoxy) is 2. The second kappa shape index (κ2) is 10.3. The molecule has 2 bridgehead atoms. The Kier molecular flexibility index (Phi) is 6.85. The Morgan fingerprint density at radius 3 is 2.56 bits per heavy atom. The van der Waals surface area contributed by atoms with E-state index in [-0.39, 0.29) is 30.3 Å². The molecule has 204 valence electrons. The topological polar surface area (TPSA) is 97.0 Å². The highest BCUT2D eigenvalue weighted by Gasteiger charge is 2.72. The molecule has 2 saturated heterocycles. The average Bonchev–Trinajstić information content (AvgIpc) is 3.58. The van der Waals surface area contributed by atoms with Gasteiger partial charge < -0.3 is 25.0 Å². The first-order valence-corrected chi connectivity index (χ1v) is 14.0. The monoisotopic (exact) mass is 549 g/mol. The fraction of sp³-hybridized carbons (Fsp3) is 0.433. The zero-order valence-corrected chi connectivity index (χ0v) is 22.5. The van der Waals surface area contributed by atoms with Crippen LogP contribution in [0.5, 0.6) is 5.75 Å². The van der Waals surface area contributed by atoms with Crippen LogP contribution in [-0.4, -0.2) is 53.5 Å². The van der Waals surface area contributed by atoms with Crippen LogP contribution in [0.3, 0.4) is 0 Å². The van der Waals surface area contributed by atoms with Crippen molar-refractivity contribution in [2.75, 3.05) is 12.4 Å². The van der Waals surface area contributed by atoms with Gasteiger partial charge in [-0.15, -0.1) is 0 Å². The minimum Gasteiger partial charge on any atom is -0.496 e. The number of fused-ring (bicyclic) bond motifs is 1. The number of benzene rings is 2. The van der Waals surface area contributed by atoms with Gasteiger partial charge in [0.15, 0.2) is 0 Å². The van der Waals surface area contributed by atoms with E-state index in [2.05, 4.69) is 10.6 Å². The number of rotatable bonds is 7. The first kappa shape index (κ1) is 25.9. The second-order valence-corrected chi connectivity index (χ2v) is 11.3. The summed E-state index contributed by atoms with van der Waals surface area (Å²) in [7, 11) is 1.58. The number of amides is 3. The molecule has 1 spiro atoms. The zero-order valence-electron chi connectivity index (χ0n) is 21.8. The SMILES string of the molecule is COc1ccccc1CN1C(=O)[C@@H]2[C@H](C(=O)Nc3ccc(Cl)cc3)[C@@H]3C=C[C@@]2(O3)[C@@H]1C(=O)NC1CCCCC1. The highest BCUT2D eigenvalue weighted by atomic mass is 35.5. The number of hydrogen-bond acceptors (Lipinski definition) is 5. The Bertz CT molecular complexity index is 1310. The molecule has 3 aliphatic heterocycles. The van der Waals surface area contributed by atoms with E-state index >= 15 is 0 Å². The summed E-state index contributed by atoms with van der Waals surface area (Å²) < 4.78 is 12.0. The normalized spacial score (nSPS) is 29.4. The van der Waals surface area contributed by atoms with Gasteiger partial charge in [0.25, 0.3) is 0 Å². The van der Waals surface area contributed by atoms with Crippen LogP contribution >= 0.6 is 11.6 Å². The Morgan fingerprint density at radius 2 is 1.82 bits per heavy atom. The van der Waals surface area contributed by atoms with Crippen LogP contribution in [0.2, 0.25) is 5.02 Å². The van der Waals surface area contributed by atoms with E-state index in [4.69, 9.17) is 21.1 Å². The lowest BCUT2D eigenvalue weighted by Crippen LogP contribution is -2.56. The van der Waals surface area contributed by atoms with Crippen molar-refractivity contribution in [2.24, 2.45) is 11.8 Å². The van der Waals surface area contributed by atoms with Crippen molar-refractivity contribution in [3.05, 3.63) is 71.3 Å². The van der Waals surface area contributed by atoms with E-state index in [1.165, 1.54) is 0 Å². The number of nitrogens with one attached hydrogen (secondary N) is 2. The van der Waals surface area contributed by atoms with Gasteiger partial charge in [0.05, 0.1) is 31.6 Å². The molecular formula is C30H32ClN3O5. The molecule has 0 aromatic heterocycles. The summed E-state index contributed by atoms with van der Waals surface area (Å²) in [4.78, 5) is 43.3. The minimum absolute atomic E-state index is 0.0662. The molecule has 6 rings (SSSR count). The molecule has 2 N–H and O–H groups in total. The summed E-state index contributed by atoms with van der Waals surface area (Å²) >= 11 is 6.00. The first-order valence-electron chi connectivity index (χ1n) is 13.6. The molecule has 3 amide bonds. The zero-order chi connectivity index (χ0) is 27.1. The maximum atomic E-state index is 14.2. The molecular weight excluding hydrogens is 518 g/mol. The molecule has 39 heavy (non-hydrogen) atoms. The lowest BCUT2D eigenvalue weighted by Gasteiger charge is -2.34. The number of para-hydroxylation sites is 1. The van der Waals surface area contributed by atoms with Gasteiger partial charge in [-0.2, -0.15) is 0 Å². The van der Waals surface area contributed by atoms with Gasteiger partial charge in [-0.25, -0.2) is 0 Å². The number of carbonyl (C=O) groups is 3. The largest absolute Gasteiger partial charge is 0.496 e. The Balaban J connectivity index is 1.34. The molecule has 2 aromatic carbocycles. The van der Waals surface area contributed by atoms with E-state index < -0.39 is 29.6 Å². The molecule has 2 aromatic rings. The van der Waals surface area contributed by atoms with Crippen LogP contribution in [0.15, 0.2) is 60.7 Å². The van der Waals surface area contributed by atoms with Crippen molar-refractivity contribution in [1.29, 1.82) is 0 Å². The van der Waals surface area contributed by atoms with Gasteiger partial charge in [-0.3, -0.25) is 14.4 Å². The molecule has 8 nitrogen and oxygen atoms in total. The number of nitrogens with zero attached hydrogens (tertiary/aromatic N) is 1. The van der Waals surface area contributed by atoms with Crippen molar-refractivity contribution in [3.8, 4) is 5.75 Å². The van der Waals surface area contributed by atoms with E-state index in [1.54, 1.807) is 36.3 Å². The van der Waals surface area contributed by atoms with Crippen molar-refractivity contribution in [3.63, 3.8) is 0 Å². The fourth-order valence-corrected chi connectivity index (χ4v) is 6.87. The minimum atomic E-state index is -1.22. The maximum Gasteiger partial charge on any atom is 0.246 e. The molecule has 1 saturated carbocycles. The number of methoxy groups -OCH3 is 1. The van der Waals surface area contributed by atoms with Crippen LogP contribution in [0, 0.1) is 11.8 Å². The number of anilines is 1. The third kappa shape index (κ3) is 4.49. The van der Waals surface area contributed by atoms with Gasteiger partial charge in [-0.05, 0) is 43.2 Å². The van der Waals surface area contributed by atoms with Crippen LogP contribution in [-0.2, 0) is 25.7 Å². The maximum absolute atomic E-state index is 14.2. The summed E-state index contributed by atoms with van der Waals surface area (Å²) in [6, 6.07) is 13.4. The van der Waals surface area contributed by atoms with Crippen molar-refractivity contribution < 1.29 is 23.9 Å². The van der Waals surface area contributed by atoms with E-state index in [0.717, 1.165) is 37.7 Å². The smallest absolute Gasteiger partial charge is 0.246 e. The molecule has 9 heteroatoms. The quantitative estimate of drug-likeness (QED) is 0.507. The highest BCUT2D eigenvalue weighted by molar-refractivity contribution is 6.30. The molecule has 3 heterocycles. The standard InChI is InChI=1S/C30H32ClN3O5/c1-38-22-10-6-5-7-18(22)17-34-26(28(36)33-20-8-3-2-4-9-20)30-16-15-23(39-30)24(25(30)29(34)37)27(35)32-21-13-11-19(31)12-14-21/h5-7,10-16,20,23-26H,2-4,8-9,17H2,1H3,(H,32,35)(H,33,36)/t23-,24+,25-,26-,30-/m0/s1. The van der Waals surface area contributed by atoms with Crippen LogP contribution < -0.4 is 15.4 Å². The highest BCUT2D eigenvalue weighted by Crippen LogP contribution is 2.55. The Morgan fingerprint density at radius 1 is 1.08 bits per heavy atom. The first-order chi connectivity index (χ1) is 18.9. The van der Waals surface area contributed by atoms with Crippen LogP contribution in [0.1, 0.15) is 37.7 Å². The summed E-state index contributed by atoms with van der Waals surface area (Å²) in [6.07, 6.45) is 8.20. The third-order valence-corrected chi connectivity index (χ3v) is 8.77. The molecule has 1 aliphatic carbocycles. The number of carbonyl (C=O) groups excluding carboxylic acids is 3. The van der Waals surface area contributed by atoms with Gasteiger partial charge in [0, 0.05) is 22.3 Å². The van der Waals surface area contributed by atoms with Gasteiger partial charge in [0.1, 0.15) is 17.4 Å². The number of halogens is 1. The second-order valence-electron chi connectivity index (χ2n) is 10.8. The summed E-state index contributed by atoms with van der Waals surface area (Å²) in [5.74, 6) is -1.80. The summed E-state index contributed by atoms with van der Waals surface area (Å²) in [6.45, 7) is 0.164. The van der Waals surface area contributed by atoms with E-state index in [9.17, 15) is 14.4 Å². The van der Waals surface area contributed by atoms with Crippen molar-refractivity contribution in [1.82, 2.24) is 10.2 Å². The van der Waals surface area contributed by atoms with Crippen LogP contribution in [0.4, 0.5) is 5.69 Å². The summed E-state index contributed by atoms with van der Waals surface area (Å²) in [5, 5.41) is 6.69. The molecule has 0 unspecified atom stereocenters. The van der Waals surface area contributed by atoms with Gasteiger partial charge in [0.2, 0.25) is 17.7 Å². The Labute approximate surface area is 232 Å². The van der Waals surface area contributed by atoms with Crippen molar-refractivity contribution >= 4 is 35.0 Å². The summed E-state index contributed by atoms with van der Waals surface area (Å²) in [5.41, 5.74) is 0.138. The van der Waals surface area contributed by atoms with E-state index in [0.29, 0.717) is 16.5 Å². The molecule has 0 radical (unpaired) electrons. The Hall–Kier alpha value is -3.36. The lowest BCUT2D eigenvalue weighted by atomic mass is 9.74. The fourth-order valence-electron chi connectivity index (χ4n) is 6.74. The third-order valence-electron chi connectivity index (χ3n) is 8.52. The molecule has 4 aliphatic rings. The molecule has 3 fully saturated rings. The number of likely N-dealkylation sites (tertiary alicyclic amines) is 1. The van der Waals surface area contributed by atoms with Gasteiger partial charge >= 0.3 is 0 Å². The predicted octanol–water partition coefficient (Wildman–Crippen LogP) is 4.09. The van der Waals surface area contributed by atoms with Crippen molar-refractivity contribution in [2.45, 2.75) is 62.4 Å². The van der Waals surface area contributed by atoms with E-state index in [1.807, 2.05) is 36.4 Å². The average molecular weight is 550 g/mol. The predicted molar refractivity (Wildman–Crippen MR) is 146 cm³/mol. The van der Waals surface area contributed by atoms with Gasteiger partial charge in [-0.1, -0.05) is 61.2 Å². The molecule has 5 atom stereocenters. The van der Waals surface area contributed by atoms with Crippen LogP contribution in [0.25, 0.3) is 0 Å².